The van der Waals surface area contributed by atoms with Crippen LogP contribution in [-0.4, -0.2) is 55.4 Å². The summed E-state index contributed by atoms with van der Waals surface area (Å²) in [6.07, 6.45) is -0.648. The van der Waals surface area contributed by atoms with Crippen LogP contribution in [0.3, 0.4) is 0 Å². The molecule has 2 atom stereocenters. The van der Waals surface area contributed by atoms with E-state index < -0.39 is 40.6 Å². The average Bonchev–Trinajstić information content (AvgIpc) is 3.22. The smallest absolute Gasteiger partial charge is 0.408 e. The van der Waals surface area contributed by atoms with Crippen LogP contribution in [0.25, 0.3) is 10.9 Å². The molecule has 36 heavy (non-hydrogen) atoms. The van der Waals surface area contributed by atoms with Crippen LogP contribution in [-0.2, 0) is 25.6 Å². The van der Waals surface area contributed by atoms with E-state index in [0.29, 0.717) is 28.5 Å². The first kappa shape index (κ1) is 27.2. The lowest BCUT2D eigenvalue weighted by atomic mass is 10.1. The number of rotatable bonds is 10. The number of aldehydes is 1. The van der Waals surface area contributed by atoms with Crippen molar-refractivity contribution in [3.05, 3.63) is 65.4 Å². The summed E-state index contributed by atoms with van der Waals surface area (Å²) in [5, 5.41) is 13.0. The number of aromatic nitrogens is 1. The Labute approximate surface area is 209 Å². The third-order valence-electron chi connectivity index (χ3n) is 4.97. The zero-order valence-corrected chi connectivity index (χ0v) is 21.3. The van der Waals surface area contributed by atoms with Crippen molar-refractivity contribution in [1.29, 1.82) is 0 Å². The molecule has 10 nitrogen and oxygen atoms in total. The highest BCUT2D eigenvalue weighted by molar-refractivity contribution is 7.86. The molecule has 2 aromatic carbocycles. The van der Waals surface area contributed by atoms with Gasteiger partial charge in [0.25, 0.3) is 10.1 Å². The fourth-order valence-corrected chi connectivity index (χ4v) is 4.14. The second-order valence-corrected chi connectivity index (χ2v) is 10.9. The molecular formula is C25H30N2O8S. The molecule has 194 valence electrons. The van der Waals surface area contributed by atoms with Crippen molar-refractivity contribution in [1.82, 2.24) is 10.3 Å². The van der Waals surface area contributed by atoms with Crippen molar-refractivity contribution < 1.29 is 36.8 Å². The Hall–Kier alpha value is -3.41. The number of hydrogen-bond donors (Lipinski definition) is 3. The van der Waals surface area contributed by atoms with Crippen LogP contribution in [0.2, 0.25) is 0 Å². The number of aliphatic hydroxyl groups is 1. The molecule has 0 aliphatic carbocycles. The normalized spacial score (nSPS) is 13.7. The third kappa shape index (κ3) is 7.54. The van der Waals surface area contributed by atoms with Crippen LogP contribution in [0.1, 0.15) is 48.5 Å². The minimum absolute atomic E-state index is 0.234. The Morgan fingerprint density at radius 3 is 2.44 bits per heavy atom. The van der Waals surface area contributed by atoms with E-state index in [9.17, 15) is 23.1 Å². The van der Waals surface area contributed by atoms with Crippen LogP contribution in [0.5, 0.6) is 5.75 Å². The summed E-state index contributed by atoms with van der Waals surface area (Å²) in [4.78, 5) is 26.9. The maximum absolute atomic E-state index is 12.3. The van der Waals surface area contributed by atoms with E-state index in [4.69, 9.17) is 13.7 Å². The van der Waals surface area contributed by atoms with Crippen molar-refractivity contribution >= 4 is 33.4 Å². The fraction of sp³-hybridized carbons (Fsp3) is 0.360. The van der Waals surface area contributed by atoms with Gasteiger partial charge in [0.2, 0.25) is 0 Å². The second-order valence-electron chi connectivity index (χ2n) is 9.25. The summed E-state index contributed by atoms with van der Waals surface area (Å²) < 4.78 is 40.6. The van der Waals surface area contributed by atoms with Gasteiger partial charge in [0, 0.05) is 16.6 Å². The molecule has 0 unspecified atom stereocenters. The van der Waals surface area contributed by atoms with E-state index in [1.165, 1.54) is 0 Å². The highest BCUT2D eigenvalue weighted by Gasteiger charge is 2.32. The predicted molar refractivity (Wildman–Crippen MR) is 133 cm³/mol. The van der Waals surface area contributed by atoms with E-state index in [-0.39, 0.29) is 12.3 Å². The molecule has 0 radical (unpaired) electrons. The average molecular weight is 519 g/mol. The van der Waals surface area contributed by atoms with E-state index >= 15 is 0 Å². The summed E-state index contributed by atoms with van der Waals surface area (Å²) in [6.45, 7) is 4.60. The van der Waals surface area contributed by atoms with Crippen LogP contribution >= 0.6 is 0 Å². The Morgan fingerprint density at radius 1 is 1.17 bits per heavy atom. The molecular weight excluding hydrogens is 488 g/mol. The lowest BCUT2D eigenvalue weighted by molar-refractivity contribution is 0.0389. The van der Waals surface area contributed by atoms with Gasteiger partial charge in [0.15, 0.2) is 0 Å². The first-order valence-corrected chi connectivity index (χ1v) is 13.0. The van der Waals surface area contributed by atoms with Gasteiger partial charge >= 0.3 is 6.09 Å². The number of carbonyl (C=O) groups is 2. The highest BCUT2D eigenvalue weighted by atomic mass is 32.2. The van der Waals surface area contributed by atoms with Gasteiger partial charge in [0.05, 0.1) is 24.4 Å². The Bertz CT molecular complexity index is 1310. The van der Waals surface area contributed by atoms with E-state index in [1.54, 1.807) is 39.0 Å². The van der Waals surface area contributed by atoms with Crippen LogP contribution in [0.4, 0.5) is 4.79 Å². The Balaban J connectivity index is 2.00. The van der Waals surface area contributed by atoms with Crippen molar-refractivity contribution in [2.24, 2.45) is 0 Å². The van der Waals surface area contributed by atoms with Crippen molar-refractivity contribution in [3.8, 4) is 5.75 Å². The summed E-state index contributed by atoms with van der Waals surface area (Å²) in [5.41, 5.74) is 1.16. The molecule has 0 bridgehead atoms. The molecule has 11 heteroatoms. The second kappa shape index (κ2) is 11.1. The number of amides is 1. The number of benzene rings is 2. The summed E-state index contributed by atoms with van der Waals surface area (Å²) in [5.74, 6) is 0.389. The number of ether oxygens (including phenoxy) is 2. The molecule has 1 aromatic heterocycles. The van der Waals surface area contributed by atoms with Gasteiger partial charge < -0.3 is 24.9 Å². The number of H-pyrrole nitrogens is 1. The number of carbonyl (C=O) groups excluding carboxylic acids is 2. The SMILES string of the molecule is CC(C)(C)OC(=O)N[C@@H](CO)[C@H](OS(C)(=O)=O)c1cc2c(OCc3ccccc3)cc(C=O)cc2[nH]1. The van der Waals surface area contributed by atoms with Gasteiger partial charge in [0.1, 0.15) is 30.3 Å². The standard InChI is InChI=1S/C25H30N2O8S/c1-25(2,3)34-24(30)27-21(14-29)23(35-36(4,31)32)20-12-18-19(26-20)10-17(13-28)11-22(18)33-15-16-8-6-5-7-9-16/h5-13,21,23,26,29H,14-15H2,1-4H3,(H,27,30)/t21-,23+/m0/s1. The van der Waals surface area contributed by atoms with Crippen LogP contribution in [0, 0.1) is 0 Å². The van der Waals surface area contributed by atoms with Crippen molar-refractivity contribution in [2.75, 3.05) is 12.9 Å². The molecule has 0 aliphatic heterocycles. The number of aromatic amines is 1. The molecule has 1 heterocycles. The van der Waals surface area contributed by atoms with Gasteiger partial charge in [-0.2, -0.15) is 8.42 Å². The molecule has 3 aromatic rings. The molecule has 1 amide bonds. The van der Waals surface area contributed by atoms with Gasteiger partial charge in [-0.15, -0.1) is 0 Å². The van der Waals surface area contributed by atoms with Gasteiger partial charge in [-0.1, -0.05) is 30.3 Å². The number of aliphatic hydroxyl groups excluding tert-OH is 1. The molecule has 0 saturated carbocycles. The van der Waals surface area contributed by atoms with Gasteiger partial charge in [-0.3, -0.25) is 8.98 Å². The van der Waals surface area contributed by atoms with Crippen LogP contribution < -0.4 is 10.1 Å². The lowest BCUT2D eigenvalue weighted by Crippen LogP contribution is -2.45. The maximum atomic E-state index is 12.3. The minimum atomic E-state index is -4.01. The first-order chi connectivity index (χ1) is 16.9. The largest absolute Gasteiger partial charge is 0.488 e. The van der Waals surface area contributed by atoms with Crippen molar-refractivity contribution in [2.45, 2.75) is 45.1 Å². The van der Waals surface area contributed by atoms with E-state index in [0.717, 1.165) is 11.8 Å². The van der Waals surface area contributed by atoms with Gasteiger partial charge in [-0.25, -0.2) is 4.79 Å². The number of fused-ring (bicyclic) bond motifs is 1. The third-order valence-corrected chi connectivity index (χ3v) is 5.52. The number of alkyl carbamates (subject to hydrolysis) is 1. The Kier molecular flexibility index (Phi) is 8.39. The zero-order valence-electron chi connectivity index (χ0n) is 20.5. The highest BCUT2D eigenvalue weighted by Crippen LogP contribution is 2.33. The van der Waals surface area contributed by atoms with E-state index in [2.05, 4.69) is 10.3 Å². The Morgan fingerprint density at radius 2 is 1.86 bits per heavy atom. The molecule has 0 saturated heterocycles. The minimum Gasteiger partial charge on any atom is -0.488 e. The molecule has 0 fully saturated rings. The first-order valence-electron chi connectivity index (χ1n) is 11.2. The topological polar surface area (TPSA) is 144 Å². The van der Waals surface area contributed by atoms with E-state index in [1.807, 2.05) is 30.3 Å². The molecule has 0 aliphatic rings. The zero-order chi connectivity index (χ0) is 26.5. The van der Waals surface area contributed by atoms with Crippen molar-refractivity contribution in [3.63, 3.8) is 0 Å². The number of hydrogen-bond acceptors (Lipinski definition) is 8. The molecule has 3 rings (SSSR count). The monoisotopic (exact) mass is 518 g/mol. The lowest BCUT2D eigenvalue weighted by Gasteiger charge is -2.27. The maximum Gasteiger partial charge on any atom is 0.408 e. The predicted octanol–water partition coefficient (Wildman–Crippen LogP) is 3.46. The van der Waals surface area contributed by atoms with Crippen LogP contribution in [0.15, 0.2) is 48.5 Å². The number of nitrogens with one attached hydrogen (secondary N) is 2. The molecule has 3 N–H and O–H groups in total. The summed E-state index contributed by atoms with van der Waals surface area (Å²) >= 11 is 0. The summed E-state index contributed by atoms with van der Waals surface area (Å²) in [6, 6.07) is 13.0. The summed E-state index contributed by atoms with van der Waals surface area (Å²) in [7, 11) is -4.01. The van der Waals surface area contributed by atoms with Gasteiger partial charge in [-0.05, 0) is 44.5 Å². The molecule has 0 spiro atoms. The quantitative estimate of drug-likeness (QED) is 0.273. The fourth-order valence-electron chi connectivity index (χ4n) is 3.52.